The maximum absolute atomic E-state index is 12.7. The average molecular weight is 457 g/mol. The highest BCUT2D eigenvalue weighted by atomic mass is 32.1. The number of nitrogens with one attached hydrogen (secondary N) is 2. The van der Waals surface area contributed by atoms with Crippen LogP contribution in [0.5, 0.6) is 5.75 Å². The van der Waals surface area contributed by atoms with Crippen molar-refractivity contribution in [2.45, 2.75) is 6.18 Å². The molecule has 1 heterocycles. The summed E-state index contributed by atoms with van der Waals surface area (Å²) in [7, 11) is 0. The van der Waals surface area contributed by atoms with Gasteiger partial charge in [-0.1, -0.05) is 29.5 Å². The van der Waals surface area contributed by atoms with Gasteiger partial charge in [0, 0.05) is 11.3 Å². The van der Waals surface area contributed by atoms with Crippen molar-refractivity contribution in [3.05, 3.63) is 83.9 Å². The van der Waals surface area contributed by atoms with Gasteiger partial charge in [-0.15, -0.1) is 0 Å². The van der Waals surface area contributed by atoms with Gasteiger partial charge in [0.05, 0.1) is 22.3 Å². The molecule has 5 nitrogen and oxygen atoms in total. The highest BCUT2D eigenvalue weighted by Crippen LogP contribution is 2.32. The molecule has 0 spiro atoms. The maximum Gasteiger partial charge on any atom is 0.416 e. The van der Waals surface area contributed by atoms with Crippen LogP contribution >= 0.6 is 11.3 Å². The van der Waals surface area contributed by atoms with Crippen LogP contribution in [0.2, 0.25) is 0 Å². The Kier molecular flexibility index (Phi) is 6.27. The van der Waals surface area contributed by atoms with Gasteiger partial charge in [-0.2, -0.15) is 13.2 Å². The lowest BCUT2D eigenvalue weighted by Crippen LogP contribution is -2.28. The van der Waals surface area contributed by atoms with Gasteiger partial charge in [0.25, 0.3) is 5.91 Å². The van der Waals surface area contributed by atoms with E-state index in [1.165, 1.54) is 23.5 Å². The Morgan fingerprint density at radius 3 is 2.47 bits per heavy atom. The van der Waals surface area contributed by atoms with E-state index in [0.717, 1.165) is 22.6 Å². The number of benzene rings is 3. The summed E-state index contributed by atoms with van der Waals surface area (Å²) < 4.78 is 44.4. The van der Waals surface area contributed by atoms with E-state index < -0.39 is 11.7 Å². The monoisotopic (exact) mass is 457 g/mol. The van der Waals surface area contributed by atoms with Crippen LogP contribution in [0.3, 0.4) is 0 Å². The van der Waals surface area contributed by atoms with E-state index in [1.807, 2.05) is 30.3 Å². The lowest BCUT2D eigenvalue weighted by Gasteiger charge is -2.07. The minimum atomic E-state index is -4.38. The first-order chi connectivity index (χ1) is 15.4. The summed E-state index contributed by atoms with van der Waals surface area (Å²) in [5.41, 5.74) is 0.959. The van der Waals surface area contributed by atoms with Crippen LogP contribution in [0.25, 0.3) is 10.2 Å². The Hall–Kier alpha value is -3.59. The standard InChI is InChI=1S/C23H18F3N3O2S/c24-23(25,26)16-7-9-17(10-8-16)28-22-29-19-11-6-15(14-20(19)32-22)21(30)27-12-13-31-18-4-2-1-3-5-18/h1-11,14H,12-13H2,(H,27,30)(H,28,29). The van der Waals surface area contributed by atoms with Crippen molar-refractivity contribution in [2.24, 2.45) is 0 Å². The summed E-state index contributed by atoms with van der Waals surface area (Å²) in [4.78, 5) is 16.8. The zero-order valence-electron chi connectivity index (χ0n) is 16.6. The Labute approximate surface area is 185 Å². The second-order valence-corrected chi connectivity index (χ2v) is 7.85. The largest absolute Gasteiger partial charge is 0.492 e. The molecule has 0 saturated carbocycles. The van der Waals surface area contributed by atoms with Gasteiger partial charge in [0.2, 0.25) is 0 Å². The number of ether oxygens (including phenoxy) is 1. The quantitative estimate of drug-likeness (QED) is 0.341. The molecule has 0 radical (unpaired) electrons. The zero-order chi connectivity index (χ0) is 22.6. The SMILES string of the molecule is O=C(NCCOc1ccccc1)c1ccc2nc(Nc3ccc(C(F)(F)F)cc3)sc2c1. The lowest BCUT2D eigenvalue weighted by molar-refractivity contribution is -0.137. The molecule has 0 aliphatic heterocycles. The van der Waals surface area contributed by atoms with Crippen LogP contribution in [0.15, 0.2) is 72.8 Å². The molecule has 164 valence electrons. The lowest BCUT2D eigenvalue weighted by atomic mass is 10.2. The van der Waals surface area contributed by atoms with E-state index in [2.05, 4.69) is 15.6 Å². The molecule has 0 saturated heterocycles. The van der Waals surface area contributed by atoms with E-state index in [1.54, 1.807) is 18.2 Å². The van der Waals surface area contributed by atoms with Crippen molar-refractivity contribution in [3.8, 4) is 5.75 Å². The molecule has 2 N–H and O–H groups in total. The summed E-state index contributed by atoms with van der Waals surface area (Å²) in [5, 5.41) is 6.33. The van der Waals surface area contributed by atoms with Gasteiger partial charge < -0.3 is 15.4 Å². The molecule has 9 heteroatoms. The number of fused-ring (bicyclic) bond motifs is 1. The number of hydrogen-bond acceptors (Lipinski definition) is 5. The Morgan fingerprint density at radius 2 is 1.75 bits per heavy atom. The molecule has 32 heavy (non-hydrogen) atoms. The summed E-state index contributed by atoms with van der Waals surface area (Å²) in [6.07, 6.45) is -4.38. The van der Waals surface area contributed by atoms with Crippen LogP contribution in [-0.2, 0) is 6.18 Å². The smallest absolute Gasteiger partial charge is 0.416 e. The molecule has 0 aliphatic carbocycles. The number of para-hydroxylation sites is 1. The molecule has 4 aromatic rings. The van der Waals surface area contributed by atoms with E-state index in [0.29, 0.717) is 35.1 Å². The first kappa shape index (κ1) is 21.6. The fraction of sp³-hybridized carbons (Fsp3) is 0.130. The predicted molar refractivity (Wildman–Crippen MR) is 119 cm³/mol. The first-order valence-corrected chi connectivity index (χ1v) is 10.5. The third-order valence-corrected chi connectivity index (χ3v) is 5.45. The van der Waals surface area contributed by atoms with Crippen molar-refractivity contribution < 1.29 is 22.7 Å². The van der Waals surface area contributed by atoms with E-state index >= 15 is 0 Å². The fourth-order valence-electron chi connectivity index (χ4n) is 2.94. The number of carbonyl (C=O) groups excluding carboxylic acids is 1. The van der Waals surface area contributed by atoms with Gasteiger partial charge in [0.15, 0.2) is 5.13 Å². The number of rotatable bonds is 7. The number of aromatic nitrogens is 1. The van der Waals surface area contributed by atoms with Crippen LogP contribution in [0.4, 0.5) is 24.0 Å². The minimum absolute atomic E-state index is 0.228. The highest BCUT2D eigenvalue weighted by Gasteiger charge is 2.29. The number of halogens is 3. The van der Waals surface area contributed by atoms with Crippen molar-refractivity contribution in [3.63, 3.8) is 0 Å². The van der Waals surface area contributed by atoms with Gasteiger partial charge in [-0.3, -0.25) is 4.79 Å². The molecule has 0 fully saturated rings. The summed E-state index contributed by atoms with van der Waals surface area (Å²) >= 11 is 1.31. The normalized spacial score (nSPS) is 11.3. The van der Waals surface area contributed by atoms with Crippen LogP contribution in [0.1, 0.15) is 15.9 Å². The molecule has 0 bridgehead atoms. The number of amides is 1. The van der Waals surface area contributed by atoms with E-state index in [4.69, 9.17) is 4.74 Å². The van der Waals surface area contributed by atoms with Crippen LogP contribution < -0.4 is 15.4 Å². The minimum Gasteiger partial charge on any atom is -0.492 e. The summed E-state index contributed by atoms with van der Waals surface area (Å²) in [6, 6.07) is 19.2. The summed E-state index contributed by atoms with van der Waals surface area (Å²) in [6.45, 7) is 0.703. The molecular formula is C23H18F3N3O2S. The maximum atomic E-state index is 12.7. The van der Waals surface area contributed by atoms with E-state index in [9.17, 15) is 18.0 Å². The van der Waals surface area contributed by atoms with Crippen LogP contribution in [-0.4, -0.2) is 24.0 Å². The number of carbonyl (C=O) groups is 1. The van der Waals surface area contributed by atoms with Gasteiger partial charge in [-0.05, 0) is 54.6 Å². The van der Waals surface area contributed by atoms with Gasteiger partial charge in [0.1, 0.15) is 12.4 Å². The van der Waals surface area contributed by atoms with Gasteiger partial charge >= 0.3 is 6.18 Å². The number of nitrogens with zero attached hydrogens (tertiary/aromatic N) is 1. The molecule has 3 aromatic carbocycles. The van der Waals surface area contributed by atoms with Crippen molar-refractivity contribution in [2.75, 3.05) is 18.5 Å². The van der Waals surface area contributed by atoms with Crippen molar-refractivity contribution >= 4 is 38.3 Å². The predicted octanol–water partition coefficient (Wildman–Crippen LogP) is 5.87. The third-order valence-electron chi connectivity index (χ3n) is 4.51. The van der Waals surface area contributed by atoms with E-state index in [-0.39, 0.29) is 5.91 Å². The van der Waals surface area contributed by atoms with Gasteiger partial charge in [-0.25, -0.2) is 4.98 Å². The summed E-state index contributed by atoms with van der Waals surface area (Å²) in [5.74, 6) is 0.509. The molecule has 0 unspecified atom stereocenters. The topological polar surface area (TPSA) is 63.2 Å². The molecule has 1 aromatic heterocycles. The Bertz CT molecular complexity index is 1210. The Morgan fingerprint density at radius 1 is 1.00 bits per heavy atom. The molecule has 0 atom stereocenters. The fourth-order valence-corrected chi connectivity index (χ4v) is 3.86. The number of thiazole rings is 1. The Balaban J connectivity index is 1.36. The zero-order valence-corrected chi connectivity index (χ0v) is 17.5. The second kappa shape index (κ2) is 9.27. The molecular weight excluding hydrogens is 439 g/mol. The average Bonchev–Trinajstić information content (AvgIpc) is 3.18. The number of hydrogen-bond donors (Lipinski definition) is 2. The third kappa shape index (κ3) is 5.36. The molecule has 4 rings (SSSR count). The molecule has 0 aliphatic rings. The molecule has 1 amide bonds. The van der Waals surface area contributed by atoms with Crippen LogP contribution in [0, 0.1) is 0 Å². The second-order valence-electron chi connectivity index (χ2n) is 6.82. The first-order valence-electron chi connectivity index (χ1n) is 9.69. The number of anilines is 2. The number of alkyl halides is 3. The van der Waals surface area contributed by atoms with Crippen molar-refractivity contribution in [1.82, 2.24) is 10.3 Å². The highest BCUT2D eigenvalue weighted by molar-refractivity contribution is 7.22. The van der Waals surface area contributed by atoms with Crippen molar-refractivity contribution in [1.29, 1.82) is 0 Å².